The van der Waals surface area contributed by atoms with Gasteiger partial charge in [-0.3, -0.25) is 4.90 Å². The van der Waals surface area contributed by atoms with Gasteiger partial charge in [-0.15, -0.1) is 0 Å². The van der Waals surface area contributed by atoms with Crippen molar-refractivity contribution in [3.05, 3.63) is 29.8 Å². The second-order valence-electron chi connectivity index (χ2n) is 4.93. The van der Waals surface area contributed by atoms with E-state index >= 15 is 0 Å². The van der Waals surface area contributed by atoms with Crippen molar-refractivity contribution in [2.24, 2.45) is 0 Å². The van der Waals surface area contributed by atoms with Crippen LogP contribution >= 0.6 is 0 Å². The average Bonchev–Trinajstić information content (AvgIpc) is 2.43. The van der Waals surface area contributed by atoms with Crippen LogP contribution in [-0.2, 0) is 4.74 Å². The summed E-state index contributed by atoms with van der Waals surface area (Å²) in [6.07, 6.45) is 0.560. The van der Waals surface area contributed by atoms with Crippen molar-refractivity contribution in [1.29, 1.82) is 0 Å². The molecule has 1 aromatic rings. The maximum atomic E-state index is 10.3. The number of hydrogen-bond donors (Lipinski definition) is 2. The van der Waals surface area contributed by atoms with Gasteiger partial charge in [-0.2, -0.15) is 0 Å². The molecule has 0 aliphatic rings. The molecular weight excluding hydrogens is 240 g/mol. The van der Waals surface area contributed by atoms with E-state index in [1.165, 1.54) is 0 Å². The van der Waals surface area contributed by atoms with Gasteiger partial charge < -0.3 is 15.6 Å². The van der Waals surface area contributed by atoms with Gasteiger partial charge >= 0.3 is 0 Å². The van der Waals surface area contributed by atoms with E-state index in [0.717, 1.165) is 18.5 Å². The normalized spacial score (nSPS) is 14.6. The number of anilines is 1. The molecule has 0 bridgehead atoms. The minimum absolute atomic E-state index is 0.429. The Morgan fingerprint density at radius 1 is 1.32 bits per heavy atom. The molecule has 1 rings (SSSR count). The fraction of sp³-hybridized carbons (Fsp3) is 0.600. The highest BCUT2D eigenvalue weighted by atomic mass is 16.5. The van der Waals surface area contributed by atoms with Gasteiger partial charge in [0, 0.05) is 31.9 Å². The average molecular weight is 266 g/mol. The molecule has 0 saturated heterocycles. The molecule has 108 valence electrons. The van der Waals surface area contributed by atoms with Crippen molar-refractivity contribution in [3.8, 4) is 0 Å². The summed E-state index contributed by atoms with van der Waals surface area (Å²) in [5, 5.41) is 10.3. The van der Waals surface area contributed by atoms with Crippen LogP contribution in [0.3, 0.4) is 0 Å². The molecule has 0 amide bonds. The van der Waals surface area contributed by atoms with Crippen molar-refractivity contribution in [3.63, 3.8) is 0 Å². The smallest absolute Gasteiger partial charge is 0.0917 e. The van der Waals surface area contributed by atoms with Gasteiger partial charge in [-0.25, -0.2) is 0 Å². The van der Waals surface area contributed by atoms with Gasteiger partial charge in [-0.05, 0) is 31.0 Å². The van der Waals surface area contributed by atoms with Crippen LogP contribution in [0.5, 0.6) is 0 Å². The molecule has 0 spiro atoms. The molecule has 1 aromatic carbocycles. The minimum atomic E-state index is -0.494. The first-order chi connectivity index (χ1) is 9.08. The van der Waals surface area contributed by atoms with E-state index in [9.17, 15) is 5.11 Å². The third-order valence-corrected chi connectivity index (χ3v) is 3.53. The zero-order valence-electron chi connectivity index (χ0n) is 12.2. The second kappa shape index (κ2) is 8.15. The van der Waals surface area contributed by atoms with Crippen LogP contribution in [0.25, 0.3) is 0 Å². The Kier molecular flexibility index (Phi) is 6.84. The number of nitrogens with zero attached hydrogens (tertiary/aromatic N) is 1. The van der Waals surface area contributed by atoms with Crippen molar-refractivity contribution in [2.75, 3.05) is 32.5 Å². The van der Waals surface area contributed by atoms with E-state index in [2.05, 4.69) is 18.7 Å². The van der Waals surface area contributed by atoms with Gasteiger partial charge in [-0.1, -0.05) is 19.1 Å². The molecule has 0 heterocycles. The standard InChI is InChI=1S/C15H26N2O2/c1-4-12(2)17(9-10-19-3)11-15(18)13-5-7-14(16)8-6-13/h5-8,12,15,18H,4,9-11,16H2,1-3H3. The Morgan fingerprint density at radius 3 is 2.47 bits per heavy atom. The van der Waals surface area contributed by atoms with E-state index < -0.39 is 6.10 Å². The summed E-state index contributed by atoms with van der Waals surface area (Å²) in [7, 11) is 1.70. The molecule has 2 unspecified atom stereocenters. The van der Waals surface area contributed by atoms with E-state index in [4.69, 9.17) is 10.5 Å². The minimum Gasteiger partial charge on any atom is -0.399 e. The highest BCUT2D eigenvalue weighted by Crippen LogP contribution is 2.17. The van der Waals surface area contributed by atoms with Crippen LogP contribution in [0.4, 0.5) is 5.69 Å². The maximum absolute atomic E-state index is 10.3. The van der Waals surface area contributed by atoms with Gasteiger partial charge in [0.15, 0.2) is 0 Å². The van der Waals surface area contributed by atoms with Crippen LogP contribution in [-0.4, -0.2) is 42.9 Å². The van der Waals surface area contributed by atoms with Crippen LogP contribution in [0.15, 0.2) is 24.3 Å². The van der Waals surface area contributed by atoms with Crippen molar-refractivity contribution in [1.82, 2.24) is 4.90 Å². The lowest BCUT2D eigenvalue weighted by molar-refractivity contribution is 0.0668. The molecule has 3 N–H and O–H groups in total. The molecule has 4 nitrogen and oxygen atoms in total. The molecule has 19 heavy (non-hydrogen) atoms. The topological polar surface area (TPSA) is 58.7 Å². The van der Waals surface area contributed by atoms with Gasteiger partial charge in [0.1, 0.15) is 0 Å². The summed E-state index contributed by atoms with van der Waals surface area (Å²) in [6.45, 7) is 6.45. The summed E-state index contributed by atoms with van der Waals surface area (Å²) in [5.41, 5.74) is 7.27. The summed E-state index contributed by atoms with van der Waals surface area (Å²) < 4.78 is 5.13. The van der Waals surface area contributed by atoms with E-state index in [1.807, 2.05) is 24.3 Å². The van der Waals surface area contributed by atoms with Crippen LogP contribution in [0.2, 0.25) is 0 Å². The highest BCUT2D eigenvalue weighted by Gasteiger charge is 2.17. The van der Waals surface area contributed by atoms with Crippen LogP contribution in [0.1, 0.15) is 31.9 Å². The predicted octanol–water partition coefficient (Wildman–Crippen LogP) is 2.05. The predicted molar refractivity (Wildman–Crippen MR) is 79.0 cm³/mol. The van der Waals surface area contributed by atoms with Gasteiger partial charge in [0.25, 0.3) is 0 Å². The Balaban J connectivity index is 2.63. The lowest BCUT2D eigenvalue weighted by Gasteiger charge is -2.30. The number of hydrogen-bond acceptors (Lipinski definition) is 4. The number of nitrogens with two attached hydrogens (primary N) is 1. The number of rotatable bonds is 8. The summed E-state index contributed by atoms with van der Waals surface area (Å²) in [4.78, 5) is 2.25. The van der Waals surface area contributed by atoms with Crippen molar-refractivity contribution in [2.45, 2.75) is 32.4 Å². The lowest BCUT2D eigenvalue weighted by Crippen LogP contribution is -2.38. The molecule has 0 radical (unpaired) electrons. The van der Waals surface area contributed by atoms with Gasteiger partial charge in [0.05, 0.1) is 12.7 Å². The maximum Gasteiger partial charge on any atom is 0.0917 e. The summed E-state index contributed by atoms with van der Waals surface area (Å²) in [5.74, 6) is 0. The molecule has 0 aliphatic heterocycles. The lowest BCUT2D eigenvalue weighted by atomic mass is 10.1. The SMILES string of the molecule is CCC(C)N(CCOC)CC(O)c1ccc(N)cc1. The Bertz CT molecular complexity index is 354. The largest absolute Gasteiger partial charge is 0.399 e. The number of nitrogen functional groups attached to an aromatic ring is 1. The molecule has 4 heteroatoms. The molecular formula is C15H26N2O2. The second-order valence-corrected chi connectivity index (χ2v) is 4.93. The Labute approximate surface area is 116 Å². The zero-order valence-corrected chi connectivity index (χ0v) is 12.2. The monoisotopic (exact) mass is 266 g/mol. The first kappa shape index (κ1) is 16.0. The first-order valence-electron chi connectivity index (χ1n) is 6.85. The molecule has 0 aromatic heterocycles. The number of methoxy groups -OCH3 is 1. The fourth-order valence-corrected chi connectivity index (χ4v) is 2.00. The fourth-order valence-electron chi connectivity index (χ4n) is 2.00. The number of benzene rings is 1. The molecule has 0 fully saturated rings. The van der Waals surface area contributed by atoms with Gasteiger partial charge in [0.2, 0.25) is 0 Å². The van der Waals surface area contributed by atoms with Crippen LogP contribution in [0, 0.1) is 0 Å². The van der Waals surface area contributed by atoms with Crippen molar-refractivity contribution < 1.29 is 9.84 Å². The molecule has 0 aliphatic carbocycles. The summed E-state index contributed by atoms with van der Waals surface area (Å²) >= 11 is 0. The van der Waals surface area contributed by atoms with E-state index in [1.54, 1.807) is 7.11 Å². The highest BCUT2D eigenvalue weighted by molar-refractivity contribution is 5.39. The Morgan fingerprint density at radius 2 is 1.95 bits per heavy atom. The number of ether oxygens (including phenoxy) is 1. The number of aliphatic hydroxyl groups excluding tert-OH is 1. The number of aliphatic hydroxyl groups is 1. The van der Waals surface area contributed by atoms with Crippen molar-refractivity contribution >= 4 is 5.69 Å². The molecule has 0 saturated carbocycles. The third-order valence-electron chi connectivity index (χ3n) is 3.53. The first-order valence-corrected chi connectivity index (χ1v) is 6.85. The van der Waals surface area contributed by atoms with E-state index in [0.29, 0.717) is 24.9 Å². The van der Waals surface area contributed by atoms with E-state index in [-0.39, 0.29) is 0 Å². The molecule has 2 atom stereocenters. The quantitative estimate of drug-likeness (QED) is 0.707. The Hall–Kier alpha value is -1.10. The zero-order chi connectivity index (χ0) is 14.3. The van der Waals surface area contributed by atoms with Crippen LogP contribution < -0.4 is 5.73 Å². The third kappa shape index (κ3) is 5.19. The summed E-state index contributed by atoms with van der Waals surface area (Å²) in [6, 6.07) is 7.83.